The van der Waals surface area contributed by atoms with Gasteiger partial charge < -0.3 is 9.64 Å². The third-order valence-electron chi connectivity index (χ3n) is 5.94. The number of Topliss-reactive ketones (excluding diaryl/α,β-unsaturated/α-hetero) is 1. The van der Waals surface area contributed by atoms with Crippen LogP contribution >= 0.6 is 11.6 Å². The van der Waals surface area contributed by atoms with E-state index in [-0.39, 0.29) is 28.0 Å². The summed E-state index contributed by atoms with van der Waals surface area (Å²) in [5, 5.41) is 0.409. The van der Waals surface area contributed by atoms with Gasteiger partial charge in [-0.1, -0.05) is 29.8 Å². The molecule has 0 heterocycles. The highest BCUT2D eigenvalue weighted by Crippen LogP contribution is 2.43. The number of nitrogens with zero attached hydrogens (tertiary/aromatic N) is 1. The van der Waals surface area contributed by atoms with Crippen LogP contribution in [0.4, 0.5) is 0 Å². The van der Waals surface area contributed by atoms with E-state index in [0.29, 0.717) is 23.4 Å². The molecule has 1 unspecified atom stereocenters. The summed E-state index contributed by atoms with van der Waals surface area (Å²) < 4.78 is 33.5. The average Bonchev–Trinajstić information content (AvgIpc) is 2.78. The molecular weight excluding hydrogens is 464 g/mol. The number of amides is 1. The van der Waals surface area contributed by atoms with Gasteiger partial charge >= 0.3 is 0 Å². The van der Waals surface area contributed by atoms with Crippen molar-refractivity contribution in [3.8, 4) is 5.75 Å². The molecule has 1 saturated carbocycles. The molecule has 1 amide bonds. The fourth-order valence-corrected chi connectivity index (χ4v) is 6.13. The Morgan fingerprint density at radius 1 is 1.18 bits per heavy atom. The van der Waals surface area contributed by atoms with Gasteiger partial charge in [-0.05, 0) is 57.4 Å². The largest absolute Gasteiger partial charge is 0.495 e. The second-order valence-corrected chi connectivity index (χ2v) is 10.6. The summed E-state index contributed by atoms with van der Waals surface area (Å²) in [7, 11) is -0.993. The van der Waals surface area contributed by atoms with E-state index in [2.05, 4.69) is 4.72 Å². The number of carbonyl (C=O) groups excluding carboxylic acids is 2. The molecule has 1 aliphatic carbocycles. The summed E-state index contributed by atoms with van der Waals surface area (Å²) in [6.45, 7) is 3.41. The van der Waals surface area contributed by atoms with Gasteiger partial charge in [-0.2, -0.15) is 0 Å². The zero-order valence-electron chi connectivity index (χ0n) is 19.2. The zero-order chi connectivity index (χ0) is 24.4. The molecular formula is C24H29ClN2O5S. The van der Waals surface area contributed by atoms with E-state index >= 15 is 0 Å². The molecule has 0 aromatic heterocycles. The van der Waals surface area contributed by atoms with Crippen molar-refractivity contribution in [1.82, 2.24) is 9.62 Å². The van der Waals surface area contributed by atoms with Crippen LogP contribution in [0.1, 0.15) is 55.5 Å². The van der Waals surface area contributed by atoms with Crippen molar-refractivity contribution in [3.05, 3.63) is 58.6 Å². The Labute approximate surface area is 200 Å². The Hall–Kier alpha value is -2.42. The summed E-state index contributed by atoms with van der Waals surface area (Å²) >= 11 is 6.49. The number of ketones is 1. The molecule has 2 aromatic carbocycles. The van der Waals surface area contributed by atoms with E-state index in [1.54, 1.807) is 45.2 Å². The number of halogens is 1. The number of sulfonamides is 1. The fraction of sp³-hybridized carbons (Fsp3) is 0.417. The van der Waals surface area contributed by atoms with Crippen molar-refractivity contribution in [2.75, 3.05) is 14.2 Å². The van der Waals surface area contributed by atoms with Crippen molar-refractivity contribution < 1.29 is 22.7 Å². The van der Waals surface area contributed by atoms with Gasteiger partial charge in [0.15, 0.2) is 5.78 Å². The van der Waals surface area contributed by atoms with Gasteiger partial charge in [0.2, 0.25) is 10.0 Å². The highest BCUT2D eigenvalue weighted by molar-refractivity contribution is 7.89. The molecule has 0 saturated heterocycles. The number of carbonyl (C=O) groups is 2. The maximum Gasteiger partial charge on any atom is 0.254 e. The Morgan fingerprint density at radius 2 is 1.88 bits per heavy atom. The van der Waals surface area contributed by atoms with Gasteiger partial charge in [-0.3, -0.25) is 9.59 Å². The fourth-order valence-electron chi connectivity index (χ4n) is 4.39. The van der Waals surface area contributed by atoms with Gasteiger partial charge in [0.1, 0.15) is 16.2 Å². The van der Waals surface area contributed by atoms with Crippen molar-refractivity contribution in [1.29, 1.82) is 0 Å². The molecule has 0 aliphatic heterocycles. The minimum atomic E-state index is -3.93. The smallest absolute Gasteiger partial charge is 0.254 e. The second kappa shape index (κ2) is 9.83. The monoisotopic (exact) mass is 492 g/mol. The van der Waals surface area contributed by atoms with E-state index in [1.807, 2.05) is 0 Å². The SMILES string of the molecule is COc1ccc(C(=O)N(C)C2(c3ccccc3Cl)CCCCC2=O)cc1S(=O)(=O)NC(C)C. The molecule has 33 heavy (non-hydrogen) atoms. The number of methoxy groups -OCH3 is 1. The average molecular weight is 493 g/mol. The van der Waals surface area contributed by atoms with Crippen molar-refractivity contribution in [3.63, 3.8) is 0 Å². The first-order valence-corrected chi connectivity index (χ1v) is 12.7. The summed E-state index contributed by atoms with van der Waals surface area (Å²) in [5.41, 5.74) is -0.509. The lowest BCUT2D eigenvalue weighted by atomic mass is 9.74. The molecule has 1 atom stereocenters. The van der Waals surface area contributed by atoms with E-state index in [9.17, 15) is 18.0 Å². The van der Waals surface area contributed by atoms with Crippen LogP contribution in [0.5, 0.6) is 5.75 Å². The molecule has 7 nitrogen and oxygen atoms in total. The lowest BCUT2D eigenvalue weighted by molar-refractivity contribution is -0.132. The van der Waals surface area contributed by atoms with Crippen molar-refractivity contribution in [2.45, 2.75) is 56.0 Å². The predicted octanol–water partition coefficient (Wildman–Crippen LogP) is 4.15. The lowest BCUT2D eigenvalue weighted by Gasteiger charge is -2.44. The summed E-state index contributed by atoms with van der Waals surface area (Å²) in [6.07, 6.45) is 2.28. The first-order chi connectivity index (χ1) is 15.5. The van der Waals surface area contributed by atoms with E-state index in [1.165, 1.54) is 30.2 Å². The van der Waals surface area contributed by atoms with Crippen LogP contribution < -0.4 is 9.46 Å². The molecule has 2 aromatic rings. The van der Waals surface area contributed by atoms with Crippen LogP contribution in [0.15, 0.2) is 47.4 Å². The van der Waals surface area contributed by atoms with Gasteiger partial charge in [0.25, 0.3) is 5.91 Å². The van der Waals surface area contributed by atoms with Gasteiger partial charge in [-0.15, -0.1) is 0 Å². The normalized spacial score (nSPS) is 18.9. The Morgan fingerprint density at radius 3 is 2.48 bits per heavy atom. The van der Waals surface area contributed by atoms with Crippen LogP contribution in [0.25, 0.3) is 0 Å². The minimum absolute atomic E-state index is 0.0828. The Balaban J connectivity index is 2.11. The molecule has 0 bridgehead atoms. The number of hydrogen-bond acceptors (Lipinski definition) is 5. The molecule has 1 fully saturated rings. The lowest BCUT2D eigenvalue weighted by Crippen LogP contribution is -2.54. The standard InChI is InChI=1S/C24H29ClN2O5S/c1-16(2)26-33(30,31)21-15-17(12-13-20(21)32-4)23(29)27(3)24(14-8-7-11-22(24)28)18-9-5-6-10-19(18)25/h5-6,9-10,12-13,15-16,26H,7-8,11,14H2,1-4H3. The van der Waals surface area contributed by atoms with Crippen LogP contribution in [-0.4, -0.2) is 45.2 Å². The quantitative estimate of drug-likeness (QED) is 0.626. The van der Waals surface area contributed by atoms with Gasteiger partial charge in [0.05, 0.1) is 7.11 Å². The van der Waals surface area contributed by atoms with Crippen molar-refractivity contribution >= 4 is 33.3 Å². The third-order valence-corrected chi connectivity index (χ3v) is 7.95. The second-order valence-electron chi connectivity index (χ2n) is 8.48. The molecule has 1 N–H and O–H groups in total. The third kappa shape index (κ3) is 4.78. The number of ether oxygens (including phenoxy) is 1. The molecule has 0 radical (unpaired) electrons. The van der Waals surface area contributed by atoms with Crippen LogP contribution in [0.3, 0.4) is 0 Å². The topological polar surface area (TPSA) is 92.8 Å². The minimum Gasteiger partial charge on any atom is -0.495 e. The highest BCUT2D eigenvalue weighted by atomic mass is 35.5. The number of hydrogen-bond donors (Lipinski definition) is 1. The number of benzene rings is 2. The molecule has 1 aliphatic rings. The molecule has 9 heteroatoms. The van der Waals surface area contributed by atoms with E-state index < -0.39 is 21.5 Å². The predicted molar refractivity (Wildman–Crippen MR) is 127 cm³/mol. The number of rotatable bonds is 7. The molecule has 3 rings (SSSR count). The van der Waals surface area contributed by atoms with Crippen LogP contribution in [0.2, 0.25) is 5.02 Å². The van der Waals surface area contributed by atoms with E-state index in [0.717, 1.165) is 12.8 Å². The van der Waals surface area contributed by atoms with Crippen molar-refractivity contribution in [2.24, 2.45) is 0 Å². The summed E-state index contributed by atoms with van der Waals surface area (Å²) in [6, 6.07) is 10.9. The van der Waals surface area contributed by atoms with Crippen LogP contribution in [0, 0.1) is 0 Å². The van der Waals surface area contributed by atoms with Gasteiger partial charge in [0, 0.05) is 35.7 Å². The van der Waals surface area contributed by atoms with Crippen LogP contribution in [-0.2, 0) is 20.4 Å². The molecule has 0 spiro atoms. The van der Waals surface area contributed by atoms with E-state index in [4.69, 9.17) is 16.3 Å². The number of likely N-dealkylation sites (N-methyl/N-ethyl adjacent to an activating group) is 1. The first-order valence-electron chi connectivity index (χ1n) is 10.8. The first kappa shape index (κ1) is 25.2. The Kier molecular flexibility index (Phi) is 7.51. The number of nitrogens with one attached hydrogen (secondary N) is 1. The highest BCUT2D eigenvalue weighted by Gasteiger charge is 2.48. The zero-order valence-corrected chi connectivity index (χ0v) is 20.8. The Bertz CT molecular complexity index is 1170. The maximum atomic E-state index is 13.7. The van der Waals surface area contributed by atoms with Gasteiger partial charge in [-0.25, -0.2) is 13.1 Å². The molecule has 178 valence electrons. The maximum absolute atomic E-state index is 13.7. The summed E-state index contributed by atoms with van der Waals surface area (Å²) in [5.74, 6) is -0.439. The summed E-state index contributed by atoms with van der Waals surface area (Å²) in [4.78, 5) is 28.2.